The Balaban J connectivity index is 2.18. The molecule has 1 aromatic heterocycles. The fraction of sp³-hybridized carbons (Fsp3) is 0.600. The third-order valence-electron chi connectivity index (χ3n) is 5.39. The second kappa shape index (κ2) is 12.3. The number of phosphoric acid groups is 1. The lowest BCUT2D eigenvalue weighted by Crippen LogP contribution is -2.41. The number of terminal acetylenes is 1. The molecule has 0 saturated carbocycles. The van der Waals surface area contributed by atoms with Crippen LogP contribution in [-0.4, -0.2) is 41.7 Å². The maximum atomic E-state index is 13.3. The molecule has 2 rings (SSSR count). The van der Waals surface area contributed by atoms with Gasteiger partial charge in [-0.25, -0.2) is 18.4 Å². The van der Waals surface area contributed by atoms with Crippen LogP contribution in [0.4, 0.5) is 0 Å². The summed E-state index contributed by atoms with van der Waals surface area (Å²) in [6.07, 6.45) is 7.72. The van der Waals surface area contributed by atoms with Gasteiger partial charge in [0.1, 0.15) is 12.4 Å². The summed E-state index contributed by atoms with van der Waals surface area (Å²) in [4.78, 5) is 50.1. The molecule has 0 bridgehead atoms. The molecular weight excluding hydrogens is 535 g/mol. The van der Waals surface area contributed by atoms with Crippen LogP contribution < -0.4 is 11.2 Å². The van der Waals surface area contributed by atoms with Crippen LogP contribution in [0.3, 0.4) is 0 Å². The first-order valence-electron chi connectivity index (χ1n) is 11.9. The summed E-state index contributed by atoms with van der Waals surface area (Å²) in [5, 5.41) is 0. The standard InChI is InChI=1S/C25H35N2O11P/c1-9-25(8)12-10-17(38-19(25)27-13-11-18(28)26-22(27)31)14-35-39(32,36-15-33-20(29)23(2,3)4)37-16-34-21(30)24(5,6)7/h1,10-11,13,19H,12,14-16H2,2-8H3,(H,26,28,31)/t19-,25?/m1/s1. The van der Waals surface area contributed by atoms with Gasteiger partial charge in [0.25, 0.3) is 5.56 Å². The predicted molar refractivity (Wildman–Crippen MR) is 138 cm³/mol. The van der Waals surface area contributed by atoms with Crippen molar-refractivity contribution in [3.63, 3.8) is 0 Å². The van der Waals surface area contributed by atoms with E-state index in [0.29, 0.717) is 0 Å². The molecule has 0 radical (unpaired) electrons. The van der Waals surface area contributed by atoms with Crippen molar-refractivity contribution in [3.05, 3.63) is 44.9 Å². The number of phosphoric ester groups is 1. The Kier molecular flexibility index (Phi) is 10.1. The van der Waals surface area contributed by atoms with Crippen molar-refractivity contribution in [1.29, 1.82) is 0 Å². The minimum absolute atomic E-state index is 0.122. The molecule has 216 valence electrons. The molecule has 0 spiro atoms. The highest BCUT2D eigenvalue weighted by Crippen LogP contribution is 2.50. The molecule has 0 fully saturated rings. The molecule has 1 aromatic rings. The van der Waals surface area contributed by atoms with E-state index in [4.69, 9.17) is 34.2 Å². The highest BCUT2D eigenvalue weighted by molar-refractivity contribution is 7.48. The molecule has 1 aliphatic rings. The maximum Gasteiger partial charge on any atom is 0.481 e. The van der Waals surface area contributed by atoms with Gasteiger partial charge in [0.05, 0.1) is 16.2 Å². The molecule has 2 heterocycles. The Morgan fingerprint density at radius 3 is 2.10 bits per heavy atom. The number of allylic oxidation sites excluding steroid dienone is 1. The van der Waals surface area contributed by atoms with Gasteiger partial charge in [0.2, 0.25) is 13.6 Å². The topological polar surface area (TPSA) is 161 Å². The number of nitrogens with zero attached hydrogens (tertiary/aromatic N) is 1. The van der Waals surface area contributed by atoms with Gasteiger partial charge < -0.3 is 14.2 Å². The van der Waals surface area contributed by atoms with E-state index < -0.39 is 73.7 Å². The van der Waals surface area contributed by atoms with Gasteiger partial charge in [-0.1, -0.05) is 5.92 Å². The summed E-state index contributed by atoms with van der Waals surface area (Å²) < 4.78 is 45.9. The zero-order valence-corrected chi connectivity index (χ0v) is 24.0. The van der Waals surface area contributed by atoms with Crippen molar-refractivity contribution < 1.29 is 41.9 Å². The minimum atomic E-state index is -4.48. The summed E-state index contributed by atoms with van der Waals surface area (Å²) in [6.45, 7) is 9.38. The highest BCUT2D eigenvalue weighted by atomic mass is 31.2. The number of aromatic amines is 1. The number of hydrogen-bond acceptors (Lipinski definition) is 11. The van der Waals surface area contributed by atoms with Crippen LogP contribution in [0, 0.1) is 28.6 Å². The molecule has 0 saturated heterocycles. The van der Waals surface area contributed by atoms with Crippen LogP contribution >= 0.6 is 7.82 Å². The SMILES string of the molecule is C#CC1(C)CC=C(COP(=O)(OCOC(=O)C(C)(C)C)OCOC(=O)C(C)(C)C)O[C@H]1n1ccc(=O)[nH]c1=O. The van der Waals surface area contributed by atoms with E-state index in [2.05, 4.69) is 10.9 Å². The quantitative estimate of drug-likeness (QED) is 0.190. The van der Waals surface area contributed by atoms with Crippen molar-refractivity contribution in [2.45, 2.75) is 61.1 Å². The fourth-order valence-electron chi connectivity index (χ4n) is 2.92. The molecule has 0 amide bonds. The molecule has 1 aliphatic heterocycles. The lowest BCUT2D eigenvalue weighted by Gasteiger charge is -2.37. The number of rotatable bonds is 10. The number of carbonyl (C=O) groups is 2. The van der Waals surface area contributed by atoms with Crippen molar-refractivity contribution >= 4 is 19.8 Å². The van der Waals surface area contributed by atoms with Gasteiger partial charge in [-0.15, -0.1) is 6.42 Å². The Morgan fingerprint density at radius 2 is 1.64 bits per heavy atom. The lowest BCUT2D eigenvalue weighted by atomic mass is 9.83. The molecule has 0 aliphatic carbocycles. The molecule has 1 N–H and O–H groups in total. The Hall–Kier alpha value is -3.17. The summed E-state index contributed by atoms with van der Waals surface area (Å²) in [5.41, 5.74) is -4.02. The van der Waals surface area contributed by atoms with Crippen molar-refractivity contribution in [2.75, 3.05) is 20.2 Å². The number of carbonyl (C=O) groups excluding carboxylic acids is 2. The average Bonchev–Trinajstić information content (AvgIpc) is 2.82. The summed E-state index contributed by atoms with van der Waals surface area (Å²) in [6, 6.07) is 1.14. The van der Waals surface area contributed by atoms with Gasteiger partial charge in [0.15, 0.2) is 6.23 Å². The van der Waals surface area contributed by atoms with E-state index in [1.807, 2.05) is 0 Å². The van der Waals surface area contributed by atoms with E-state index in [-0.39, 0.29) is 12.2 Å². The van der Waals surface area contributed by atoms with Crippen LogP contribution in [0.25, 0.3) is 0 Å². The van der Waals surface area contributed by atoms with Crippen LogP contribution in [0.1, 0.15) is 61.1 Å². The summed E-state index contributed by atoms with van der Waals surface area (Å²) in [7, 11) is -4.48. The van der Waals surface area contributed by atoms with Gasteiger partial charge in [-0.05, 0) is 61.0 Å². The highest BCUT2D eigenvalue weighted by Gasteiger charge is 2.40. The zero-order chi connectivity index (χ0) is 29.6. The molecule has 2 atom stereocenters. The third-order valence-corrected chi connectivity index (χ3v) is 6.68. The predicted octanol–water partition coefficient (Wildman–Crippen LogP) is 3.23. The maximum absolute atomic E-state index is 13.3. The Morgan fingerprint density at radius 1 is 1.10 bits per heavy atom. The minimum Gasteiger partial charge on any atom is -0.471 e. The number of ether oxygens (including phenoxy) is 3. The molecule has 1 unspecified atom stereocenters. The lowest BCUT2D eigenvalue weighted by molar-refractivity contribution is -0.163. The van der Waals surface area contributed by atoms with Crippen molar-refractivity contribution in [3.8, 4) is 12.3 Å². The van der Waals surface area contributed by atoms with Gasteiger partial charge in [-0.3, -0.25) is 28.5 Å². The first kappa shape index (κ1) is 32.0. The molecular formula is C25H35N2O11P. The molecule has 0 aromatic carbocycles. The van der Waals surface area contributed by atoms with Crippen molar-refractivity contribution in [2.24, 2.45) is 16.2 Å². The van der Waals surface area contributed by atoms with E-state index in [0.717, 1.165) is 10.6 Å². The number of nitrogens with one attached hydrogen (secondary N) is 1. The number of hydrogen-bond donors (Lipinski definition) is 1. The van der Waals surface area contributed by atoms with E-state index in [1.54, 1.807) is 54.5 Å². The normalized spacial score (nSPS) is 19.8. The first-order valence-corrected chi connectivity index (χ1v) is 13.4. The fourth-order valence-corrected chi connectivity index (χ4v) is 3.80. The van der Waals surface area contributed by atoms with E-state index >= 15 is 0 Å². The molecule has 14 heteroatoms. The van der Waals surface area contributed by atoms with Gasteiger partial charge in [-0.2, -0.15) is 0 Å². The largest absolute Gasteiger partial charge is 0.481 e. The second-order valence-corrected chi connectivity index (χ2v) is 12.7. The third kappa shape index (κ3) is 8.93. The Labute approximate surface area is 226 Å². The monoisotopic (exact) mass is 570 g/mol. The van der Waals surface area contributed by atoms with Crippen LogP contribution in [0.15, 0.2) is 33.7 Å². The van der Waals surface area contributed by atoms with E-state index in [9.17, 15) is 23.7 Å². The van der Waals surface area contributed by atoms with Crippen LogP contribution in [0.5, 0.6) is 0 Å². The van der Waals surface area contributed by atoms with Gasteiger partial charge in [0, 0.05) is 12.3 Å². The van der Waals surface area contributed by atoms with Gasteiger partial charge >= 0.3 is 25.5 Å². The van der Waals surface area contributed by atoms with Crippen LogP contribution in [-0.2, 0) is 41.9 Å². The zero-order valence-electron chi connectivity index (χ0n) is 23.1. The Bertz CT molecular complexity index is 1260. The average molecular weight is 571 g/mol. The number of esters is 2. The second-order valence-electron chi connectivity index (χ2n) is 11.0. The summed E-state index contributed by atoms with van der Waals surface area (Å²) >= 11 is 0. The first-order chi connectivity index (χ1) is 17.9. The van der Waals surface area contributed by atoms with Crippen molar-refractivity contribution in [1.82, 2.24) is 9.55 Å². The van der Waals surface area contributed by atoms with E-state index in [1.165, 1.54) is 6.20 Å². The summed E-state index contributed by atoms with van der Waals surface area (Å²) in [5.74, 6) is 1.46. The number of H-pyrrole nitrogens is 1. The molecule has 13 nitrogen and oxygen atoms in total. The molecule has 39 heavy (non-hydrogen) atoms. The smallest absolute Gasteiger partial charge is 0.471 e. The number of aromatic nitrogens is 2. The van der Waals surface area contributed by atoms with Crippen LogP contribution in [0.2, 0.25) is 0 Å².